The Labute approximate surface area is 137 Å². The largest absolute Gasteiger partial charge is 0.491 e. The molecule has 0 heterocycles. The second kappa shape index (κ2) is 6.45. The number of hydrogen-bond donors (Lipinski definition) is 1. The molecule has 0 radical (unpaired) electrons. The van der Waals surface area contributed by atoms with E-state index in [1.807, 2.05) is 68.4 Å². The van der Waals surface area contributed by atoms with Gasteiger partial charge >= 0.3 is 0 Å². The molecular weight excluding hydrogens is 286 g/mol. The maximum Gasteiger partial charge on any atom is 0.230 e. The van der Waals surface area contributed by atoms with E-state index in [1.54, 1.807) is 0 Å². The first kappa shape index (κ1) is 15.6. The van der Waals surface area contributed by atoms with Gasteiger partial charge in [0.05, 0.1) is 11.5 Å². The summed E-state index contributed by atoms with van der Waals surface area (Å²) in [6.45, 7) is 4.56. The number of carbonyl (C=O) groups excluding carboxylic acids is 1. The van der Waals surface area contributed by atoms with E-state index < -0.39 is 0 Å². The summed E-state index contributed by atoms with van der Waals surface area (Å²) in [5, 5.41) is 3.08. The maximum absolute atomic E-state index is 12.6. The van der Waals surface area contributed by atoms with Crippen LogP contribution in [0.15, 0.2) is 54.6 Å². The van der Waals surface area contributed by atoms with E-state index in [2.05, 4.69) is 5.32 Å². The van der Waals surface area contributed by atoms with Crippen molar-refractivity contribution in [2.24, 2.45) is 0 Å². The number of rotatable bonds is 6. The highest BCUT2D eigenvalue weighted by Gasteiger charge is 2.50. The normalized spacial score (nSPS) is 15.3. The second-order valence-corrected chi connectivity index (χ2v) is 6.44. The molecule has 3 nitrogen and oxygen atoms in total. The van der Waals surface area contributed by atoms with Crippen molar-refractivity contribution in [2.45, 2.75) is 44.8 Å². The van der Waals surface area contributed by atoms with E-state index in [9.17, 15) is 4.79 Å². The molecular formula is C20H23NO2. The van der Waals surface area contributed by atoms with Gasteiger partial charge in [0.15, 0.2) is 0 Å². The number of ether oxygens (including phenoxy) is 1. The average molecular weight is 309 g/mol. The Kier molecular flexibility index (Phi) is 4.37. The van der Waals surface area contributed by atoms with E-state index >= 15 is 0 Å². The summed E-state index contributed by atoms with van der Waals surface area (Å²) >= 11 is 0. The third-order valence-electron chi connectivity index (χ3n) is 4.26. The van der Waals surface area contributed by atoms with Gasteiger partial charge in [-0.15, -0.1) is 0 Å². The van der Waals surface area contributed by atoms with Crippen LogP contribution in [0.5, 0.6) is 5.75 Å². The van der Waals surface area contributed by atoms with Crippen molar-refractivity contribution in [3.8, 4) is 5.75 Å². The van der Waals surface area contributed by atoms with Crippen LogP contribution in [0, 0.1) is 0 Å². The molecule has 1 amide bonds. The number of benzene rings is 2. The molecule has 2 aromatic rings. The van der Waals surface area contributed by atoms with Crippen LogP contribution < -0.4 is 10.1 Å². The molecule has 1 fully saturated rings. The van der Waals surface area contributed by atoms with Gasteiger partial charge in [0.2, 0.25) is 5.91 Å². The average Bonchev–Trinajstić information content (AvgIpc) is 3.36. The Morgan fingerprint density at radius 2 is 1.74 bits per heavy atom. The van der Waals surface area contributed by atoms with Gasteiger partial charge in [0.1, 0.15) is 5.75 Å². The molecule has 0 spiro atoms. The van der Waals surface area contributed by atoms with Crippen molar-refractivity contribution in [1.82, 2.24) is 5.32 Å². The van der Waals surface area contributed by atoms with Crippen molar-refractivity contribution in [1.29, 1.82) is 0 Å². The minimum Gasteiger partial charge on any atom is -0.491 e. The summed E-state index contributed by atoms with van der Waals surface area (Å²) in [5.41, 5.74) is 1.90. The first-order valence-corrected chi connectivity index (χ1v) is 8.19. The molecule has 0 atom stereocenters. The summed E-state index contributed by atoms with van der Waals surface area (Å²) < 4.78 is 5.63. The van der Waals surface area contributed by atoms with Crippen LogP contribution in [0.1, 0.15) is 37.8 Å². The van der Waals surface area contributed by atoms with Gasteiger partial charge in [-0.05, 0) is 49.9 Å². The first-order chi connectivity index (χ1) is 11.1. The Hall–Kier alpha value is -2.29. The Morgan fingerprint density at radius 3 is 2.30 bits per heavy atom. The molecule has 120 valence electrons. The Morgan fingerprint density at radius 1 is 1.09 bits per heavy atom. The third-order valence-corrected chi connectivity index (χ3v) is 4.26. The van der Waals surface area contributed by atoms with Crippen molar-refractivity contribution in [3.05, 3.63) is 65.7 Å². The summed E-state index contributed by atoms with van der Waals surface area (Å²) in [4.78, 5) is 12.6. The van der Waals surface area contributed by atoms with Crippen molar-refractivity contribution >= 4 is 5.91 Å². The summed E-state index contributed by atoms with van der Waals surface area (Å²) in [6.07, 6.45) is 2.04. The zero-order valence-electron chi connectivity index (χ0n) is 13.7. The monoisotopic (exact) mass is 309 g/mol. The molecule has 1 N–H and O–H groups in total. The number of hydrogen-bond acceptors (Lipinski definition) is 2. The number of amides is 1. The molecule has 3 heteroatoms. The van der Waals surface area contributed by atoms with Gasteiger partial charge in [0.25, 0.3) is 0 Å². The van der Waals surface area contributed by atoms with Crippen molar-refractivity contribution in [3.63, 3.8) is 0 Å². The molecule has 0 aromatic heterocycles. The van der Waals surface area contributed by atoms with Crippen LogP contribution in [-0.2, 0) is 16.8 Å². The zero-order valence-corrected chi connectivity index (χ0v) is 13.7. The smallest absolute Gasteiger partial charge is 0.230 e. The molecule has 0 aliphatic heterocycles. The molecule has 1 aliphatic rings. The van der Waals surface area contributed by atoms with Gasteiger partial charge in [-0.2, -0.15) is 0 Å². The SMILES string of the molecule is CC(C)Oc1ccc(CNC(=O)C2(c3ccccc3)CC2)cc1. The molecule has 0 saturated heterocycles. The first-order valence-electron chi connectivity index (χ1n) is 8.19. The van der Waals surface area contributed by atoms with E-state index in [1.165, 1.54) is 0 Å². The quantitative estimate of drug-likeness (QED) is 0.881. The predicted octanol–water partition coefficient (Wildman–Crippen LogP) is 3.82. The maximum atomic E-state index is 12.6. The predicted molar refractivity (Wildman–Crippen MR) is 91.4 cm³/mol. The topological polar surface area (TPSA) is 38.3 Å². The summed E-state index contributed by atoms with van der Waals surface area (Å²) in [7, 11) is 0. The van der Waals surface area contributed by atoms with Crippen molar-refractivity contribution in [2.75, 3.05) is 0 Å². The zero-order chi connectivity index (χ0) is 16.3. The van der Waals surface area contributed by atoms with E-state index in [0.717, 1.165) is 29.7 Å². The fraction of sp³-hybridized carbons (Fsp3) is 0.350. The summed E-state index contributed by atoms with van der Waals surface area (Å²) in [6, 6.07) is 18.0. The molecule has 0 unspecified atom stereocenters. The highest BCUT2D eigenvalue weighted by Crippen LogP contribution is 2.48. The lowest BCUT2D eigenvalue weighted by molar-refractivity contribution is -0.123. The van der Waals surface area contributed by atoms with Crippen LogP contribution in [0.2, 0.25) is 0 Å². The van der Waals surface area contributed by atoms with Gasteiger partial charge in [-0.3, -0.25) is 4.79 Å². The van der Waals surface area contributed by atoms with E-state index in [4.69, 9.17) is 4.74 Å². The minimum absolute atomic E-state index is 0.131. The van der Waals surface area contributed by atoms with Crippen LogP contribution in [-0.4, -0.2) is 12.0 Å². The highest BCUT2D eigenvalue weighted by atomic mass is 16.5. The Balaban J connectivity index is 1.59. The second-order valence-electron chi connectivity index (χ2n) is 6.44. The molecule has 1 aliphatic carbocycles. The molecule has 1 saturated carbocycles. The lowest BCUT2D eigenvalue weighted by atomic mass is 9.95. The number of nitrogens with one attached hydrogen (secondary N) is 1. The lowest BCUT2D eigenvalue weighted by Gasteiger charge is -2.16. The van der Waals surface area contributed by atoms with E-state index in [0.29, 0.717) is 6.54 Å². The van der Waals surface area contributed by atoms with Crippen LogP contribution in [0.3, 0.4) is 0 Å². The standard InChI is InChI=1S/C20H23NO2/c1-15(2)23-18-10-8-16(9-11-18)14-21-19(22)20(12-13-20)17-6-4-3-5-7-17/h3-11,15H,12-14H2,1-2H3,(H,21,22). The van der Waals surface area contributed by atoms with Gasteiger partial charge in [-0.25, -0.2) is 0 Å². The fourth-order valence-electron chi connectivity index (χ4n) is 2.84. The van der Waals surface area contributed by atoms with Gasteiger partial charge in [-0.1, -0.05) is 42.5 Å². The summed E-state index contributed by atoms with van der Waals surface area (Å²) in [5.74, 6) is 0.990. The van der Waals surface area contributed by atoms with Crippen LogP contribution >= 0.6 is 0 Å². The third kappa shape index (κ3) is 3.55. The van der Waals surface area contributed by atoms with E-state index in [-0.39, 0.29) is 17.4 Å². The number of carbonyl (C=O) groups is 1. The van der Waals surface area contributed by atoms with Crippen LogP contribution in [0.25, 0.3) is 0 Å². The Bertz CT molecular complexity index is 658. The van der Waals surface area contributed by atoms with Gasteiger partial charge < -0.3 is 10.1 Å². The lowest BCUT2D eigenvalue weighted by Crippen LogP contribution is -2.34. The molecule has 2 aromatic carbocycles. The molecule has 3 rings (SSSR count). The minimum atomic E-state index is -0.304. The molecule has 23 heavy (non-hydrogen) atoms. The van der Waals surface area contributed by atoms with Crippen molar-refractivity contribution < 1.29 is 9.53 Å². The fourth-order valence-corrected chi connectivity index (χ4v) is 2.84. The van der Waals surface area contributed by atoms with Crippen LogP contribution in [0.4, 0.5) is 0 Å². The van der Waals surface area contributed by atoms with Gasteiger partial charge in [0, 0.05) is 6.54 Å². The highest BCUT2D eigenvalue weighted by molar-refractivity contribution is 5.91. The molecule has 0 bridgehead atoms.